The summed E-state index contributed by atoms with van der Waals surface area (Å²) in [4.78, 5) is 22.9. The summed E-state index contributed by atoms with van der Waals surface area (Å²) in [6, 6.07) is 16.9. The van der Waals surface area contributed by atoms with Crippen LogP contribution in [-0.4, -0.2) is 31.5 Å². The lowest BCUT2D eigenvalue weighted by Gasteiger charge is -2.09. The van der Waals surface area contributed by atoms with Gasteiger partial charge in [-0.15, -0.1) is 0 Å². The van der Waals surface area contributed by atoms with Crippen LogP contribution in [0.1, 0.15) is 12.5 Å². The van der Waals surface area contributed by atoms with Gasteiger partial charge in [0, 0.05) is 6.54 Å². The van der Waals surface area contributed by atoms with E-state index in [1.54, 1.807) is 24.3 Å². The molecule has 0 fully saturated rings. The van der Waals surface area contributed by atoms with E-state index in [1.807, 2.05) is 37.3 Å². The number of hydrogen-bond acceptors (Lipinski definition) is 4. The maximum absolute atomic E-state index is 11.6. The van der Waals surface area contributed by atoms with Gasteiger partial charge in [0.1, 0.15) is 18.1 Å². The van der Waals surface area contributed by atoms with Crippen LogP contribution in [0.2, 0.25) is 0 Å². The molecule has 6 nitrogen and oxygen atoms in total. The molecule has 2 aromatic rings. The van der Waals surface area contributed by atoms with Crippen molar-refractivity contribution in [2.24, 2.45) is 0 Å². The third-order valence-electron chi connectivity index (χ3n) is 3.26. The predicted molar refractivity (Wildman–Crippen MR) is 94.4 cm³/mol. The Morgan fingerprint density at radius 2 is 1.48 bits per heavy atom. The minimum absolute atomic E-state index is 0.0533. The number of carbonyl (C=O) groups is 2. The summed E-state index contributed by atoms with van der Waals surface area (Å²) < 4.78 is 11.1. The standard InChI is InChI=1S/C19H22N2O4/c1-2-20-18(22)12-21-19(23)14-25-17-10-8-16(9-11-17)24-13-15-6-4-3-5-7-15/h3-11H,2,12-14H2,1H3,(H,20,22)(H,21,23). The highest BCUT2D eigenvalue weighted by Gasteiger charge is 2.06. The highest BCUT2D eigenvalue weighted by molar-refractivity contribution is 5.85. The van der Waals surface area contributed by atoms with Crippen molar-refractivity contribution in [2.45, 2.75) is 13.5 Å². The van der Waals surface area contributed by atoms with Gasteiger partial charge in [0.2, 0.25) is 5.91 Å². The van der Waals surface area contributed by atoms with Gasteiger partial charge >= 0.3 is 0 Å². The van der Waals surface area contributed by atoms with Gasteiger partial charge < -0.3 is 20.1 Å². The lowest BCUT2D eigenvalue weighted by atomic mass is 10.2. The minimum Gasteiger partial charge on any atom is -0.489 e. The number of likely N-dealkylation sites (N-methyl/N-ethyl adjacent to an activating group) is 1. The van der Waals surface area contributed by atoms with Crippen LogP contribution < -0.4 is 20.1 Å². The molecule has 0 unspecified atom stereocenters. The first kappa shape index (κ1) is 18.3. The van der Waals surface area contributed by atoms with Crippen molar-refractivity contribution in [3.63, 3.8) is 0 Å². The Morgan fingerprint density at radius 1 is 0.840 bits per heavy atom. The molecule has 2 aromatic carbocycles. The molecule has 25 heavy (non-hydrogen) atoms. The average Bonchev–Trinajstić information content (AvgIpc) is 2.65. The van der Waals surface area contributed by atoms with Gasteiger partial charge in [-0.05, 0) is 36.8 Å². The van der Waals surface area contributed by atoms with Crippen molar-refractivity contribution >= 4 is 11.8 Å². The zero-order chi connectivity index (χ0) is 17.9. The van der Waals surface area contributed by atoms with Crippen LogP contribution in [0.5, 0.6) is 11.5 Å². The molecule has 0 bridgehead atoms. The highest BCUT2D eigenvalue weighted by atomic mass is 16.5. The fourth-order valence-corrected chi connectivity index (χ4v) is 2.01. The Kier molecular flexibility index (Phi) is 7.31. The fourth-order valence-electron chi connectivity index (χ4n) is 2.01. The molecular formula is C19H22N2O4. The van der Waals surface area contributed by atoms with Crippen LogP contribution in [0.4, 0.5) is 0 Å². The second-order valence-corrected chi connectivity index (χ2v) is 5.26. The molecule has 2 N–H and O–H groups in total. The summed E-state index contributed by atoms with van der Waals surface area (Å²) in [6.45, 7) is 2.63. The molecule has 0 spiro atoms. The van der Waals surface area contributed by atoms with Crippen molar-refractivity contribution in [2.75, 3.05) is 19.7 Å². The first-order valence-electron chi connectivity index (χ1n) is 8.10. The molecule has 2 rings (SSSR count). The lowest BCUT2D eigenvalue weighted by Crippen LogP contribution is -2.38. The van der Waals surface area contributed by atoms with Crippen molar-refractivity contribution in [1.82, 2.24) is 10.6 Å². The van der Waals surface area contributed by atoms with E-state index in [0.717, 1.165) is 11.3 Å². The van der Waals surface area contributed by atoms with Crippen LogP contribution in [0.3, 0.4) is 0 Å². The van der Waals surface area contributed by atoms with Crippen LogP contribution in [0.15, 0.2) is 54.6 Å². The van der Waals surface area contributed by atoms with Gasteiger partial charge in [-0.3, -0.25) is 9.59 Å². The zero-order valence-electron chi connectivity index (χ0n) is 14.2. The van der Waals surface area contributed by atoms with Crippen molar-refractivity contribution in [3.05, 3.63) is 60.2 Å². The number of carbonyl (C=O) groups excluding carboxylic acids is 2. The Morgan fingerprint density at radius 3 is 2.12 bits per heavy atom. The van der Waals surface area contributed by atoms with E-state index in [2.05, 4.69) is 10.6 Å². The number of rotatable bonds is 9. The summed E-state index contributed by atoms with van der Waals surface area (Å²) in [5.41, 5.74) is 1.09. The molecule has 0 saturated heterocycles. The first-order valence-corrected chi connectivity index (χ1v) is 8.10. The molecule has 0 aliphatic carbocycles. The van der Waals surface area contributed by atoms with E-state index in [4.69, 9.17) is 9.47 Å². The third-order valence-corrected chi connectivity index (χ3v) is 3.26. The monoisotopic (exact) mass is 342 g/mol. The molecule has 0 radical (unpaired) electrons. The van der Waals surface area contributed by atoms with E-state index in [-0.39, 0.29) is 25.0 Å². The molecule has 0 aliphatic rings. The summed E-state index contributed by atoms with van der Waals surface area (Å²) in [5.74, 6) is 0.698. The largest absolute Gasteiger partial charge is 0.489 e. The first-order chi connectivity index (χ1) is 12.2. The van der Waals surface area contributed by atoms with E-state index in [1.165, 1.54) is 0 Å². The van der Waals surface area contributed by atoms with E-state index in [0.29, 0.717) is 18.9 Å². The zero-order valence-corrected chi connectivity index (χ0v) is 14.2. The minimum atomic E-state index is -0.351. The molecule has 132 valence electrons. The molecule has 0 atom stereocenters. The summed E-state index contributed by atoms with van der Waals surface area (Å²) in [7, 11) is 0. The Hall–Kier alpha value is -3.02. The molecule has 0 aromatic heterocycles. The summed E-state index contributed by atoms with van der Waals surface area (Å²) >= 11 is 0. The number of hydrogen-bond donors (Lipinski definition) is 2. The van der Waals surface area contributed by atoms with Gasteiger partial charge in [-0.1, -0.05) is 30.3 Å². The maximum Gasteiger partial charge on any atom is 0.258 e. The molecular weight excluding hydrogens is 320 g/mol. The van der Waals surface area contributed by atoms with Crippen LogP contribution in [0.25, 0.3) is 0 Å². The van der Waals surface area contributed by atoms with Gasteiger partial charge in [0.05, 0.1) is 6.54 Å². The SMILES string of the molecule is CCNC(=O)CNC(=O)COc1ccc(OCc2ccccc2)cc1. The summed E-state index contributed by atoms with van der Waals surface area (Å²) in [5, 5.41) is 5.08. The molecule has 0 saturated carbocycles. The Balaban J connectivity index is 1.71. The van der Waals surface area contributed by atoms with Crippen molar-refractivity contribution < 1.29 is 19.1 Å². The second kappa shape index (κ2) is 9.97. The Labute approximate surface area is 147 Å². The number of benzene rings is 2. The third kappa shape index (κ3) is 6.95. The quantitative estimate of drug-likeness (QED) is 0.730. The van der Waals surface area contributed by atoms with Gasteiger partial charge in [-0.2, -0.15) is 0 Å². The highest BCUT2D eigenvalue weighted by Crippen LogP contribution is 2.18. The van der Waals surface area contributed by atoms with Crippen LogP contribution in [0, 0.1) is 0 Å². The predicted octanol–water partition coefficient (Wildman–Crippen LogP) is 1.90. The molecule has 6 heteroatoms. The lowest BCUT2D eigenvalue weighted by molar-refractivity contribution is -0.127. The molecule has 0 heterocycles. The average molecular weight is 342 g/mol. The van der Waals surface area contributed by atoms with E-state index in [9.17, 15) is 9.59 Å². The van der Waals surface area contributed by atoms with Crippen LogP contribution >= 0.6 is 0 Å². The normalized spacial score (nSPS) is 9.96. The van der Waals surface area contributed by atoms with Crippen molar-refractivity contribution in [1.29, 1.82) is 0 Å². The van der Waals surface area contributed by atoms with Gasteiger partial charge in [0.25, 0.3) is 5.91 Å². The smallest absolute Gasteiger partial charge is 0.258 e. The Bertz CT molecular complexity index is 672. The number of ether oxygens (including phenoxy) is 2. The van der Waals surface area contributed by atoms with Crippen molar-refractivity contribution in [3.8, 4) is 11.5 Å². The molecule has 2 amide bonds. The second-order valence-electron chi connectivity index (χ2n) is 5.26. The number of amides is 2. The number of nitrogens with one attached hydrogen (secondary N) is 2. The summed E-state index contributed by atoms with van der Waals surface area (Å²) in [6.07, 6.45) is 0. The molecule has 0 aliphatic heterocycles. The van der Waals surface area contributed by atoms with Gasteiger partial charge in [0.15, 0.2) is 6.61 Å². The van der Waals surface area contributed by atoms with E-state index >= 15 is 0 Å². The fraction of sp³-hybridized carbons (Fsp3) is 0.263. The topological polar surface area (TPSA) is 76.7 Å². The van der Waals surface area contributed by atoms with E-state index < -0.39 is 0 Å². The van der Waals surface area contributed by atoms with Gasteiger partial charge in [-0.25, -0.2) is 0 Å². The maximum atomic E-state index is 11.6. The van der Waals surface area contributed by atoms with Crippen LogP contribution in [-0.2, 0) is 16.2 Å².